The maximum Gasteiger partial charge on any atom is 0.263 e. The number of ether oxygens (including phenoxy) is 3. The van der Waals surface area contributed by atoms with Crippen LogP contribution in [0.15, 0.2) is 36.7 Å². The lowest BCUT2D eigenvalue weighted by Crippen LogP contribution is -2.52. The molecule has 0 aliphatic carbocycles. The number of fused-ring (bicyclic) bond motifs is 2. The summed E-state index contributed by atoms with van der Waals surface area (Å²) in [6.07, 6.45) is 0.988. The van der Waals surface area contributed by atoms with Gasteiger partial charge in [-0.25, -0.2) is 0 Å². The molecule has 1 aromatic carbocycles. The maximum atomic E-state index is 12.8. The largest absolute Gasteiger partial charge is 0.481 e. The molecular weight excluding hydrogens is 376 g/mol. The van der Waals surface area contributed by atoms with Crippen LogP contribution in [0.1, 0.15) is 6.92 Å². The Labute approximate surface area is 166 Å². The summed E-state index contributed by atoms with van der Waals surface area (Å²) in [6, 6.07) is 9.12. The highest BCUT2D eigenvalue weighted by atomic mass is 16.7. The van der Waals surface area contributed by atoms with E-state index in [2.05, 4.69) is 20.2 Å². The van der Waals surface area contributed by atoms with Crippen molar-refractivity contribution in [2.45, 2.75) is 13.0 Å². The van der Waals surface area contributed by atoms with Crippen molar-refractivity contribution in [1.82, 2.24) is 24.7 Å². The summed E-state index contributed by atoms with van der Waals surface area (Å²) >= 11 is 0. The number of carbonyl (C=O) groups is 1. The first-order chi connectivity index (χ1) is 14.2. The molecule has 0 unspecified atom stereocenters. The summed E-state index contributed by atoms with van der Waals surface area (Å²) in [6.45, 7) is 4.58. The van der Waals surface area contributed by atoms with E-state index in [9.17, 15) is 4.79 Å². The highest BCUT2D eigenvalue weighted by molar-refractivity contribution is 5.81. The zero-order chi connectivity index (χ0) is 19.8. The minimum Gasteiger partial charge on any atom is -0.481 e. The Balaban J connectivity index is 1.19. The van der Waals surface area contributed by atoms with Gasteiger partial charge in [0.05, 0.1) is 0 Å². The fourth-order valence-electron chi connectivity index (χ4n) is 3.50. The molecule has 0 spiro atoms. The van der Waals surface area contributed by atoms with E-state index < -0.39 is 6.10 Å². The van der Waals surface area contributed by atoms with E-state index in [0.29, 0.717) is 49.1 Å². The summed E-state index contributed by atoms with van der Waals surface area (Å²) in [5.74, 6) is 2.71. The summed E-state index contributed by atoms with van der Waals surface area (Å²) in [5, 5.41) is 12.3. The van der Waals surface area contributed by atoms with Crippen molar-refractivity contribution in [3.8, 4) is 17.2 Å². The lowest BCUT2D eigenvalue weighted by atomic mass is 10.2. The number of nitrogens with zero attached hydrogens (tertiary/aromatic N) is 6. The molecule has 1 saturated heterocycles. The van der Waals surface area contributed by atoms with Gasteiger partial charge in [0.25, 0.3) is 5.91 Å². The molecule has 1 fully saturated rings. The topological polar surface area (TPSA) is 94.3 Å². The van der Waals surface area contributed by atoms with Gasteiger partial charge in [-0.05, 0) is 31.2 Å². The van der Waals surface area contributed by atoms with E-state index in [4.69, 9.17) is 14.2 Å². The van der Waals surface area contributed by atoms with Crippen LogP contribution < -0.4 is 19.1 Å². The van der Waals surface area contributed by atoms with Gasteiger partial charge in [-0.2, -0.15) is 4.52 Å². The standard InChI is InChI=1S/C19H20N6O4/c1-13(29-14-2-3-15-16(10-14)28-12-27-15)19(26)24-8-6-23(7-9-24)18-5-4-17-21-20-11-25(17)22-18/h2-5,10-11,13H,6-9,12H2,1H3/t13-/m1/s1. The second-order valence-corrected chi connectivity index (χ2v) is 6.91. The van der Waals surface area contributed by atoms with Crippen LogP contribution in [-0.2, 0) is 4.79 Å². The normalized spacial score (nSPS) is 16.9. The number of rotatable bonds is 4. The van der Waals surface area contributed by atoms with Gasteiger partial charge >= 0.3 is 0 Å². The molecule has 2 aromatic heterocycles. The summed E-state index contributed by atoms with van der Waals surface area (Å²) in [7, 11) is 0. The molecule has 3 aromatic rings. The van der Waals surface area contributed by atoms with E-state index in [-0.39, 0.29) is 12.7 Å². The lowest BCUT2D eigenvalue weighted by Gasteiger charge is -2.36. The smallest absolute Gasteiger partial charge is 0.263 e. The van der Waals surface area contributed by atoms with Crippen molar-refractivity contribution >= 4 is 17.4 Å². The molecule has 10 heteroatoms. The Bertz CT molecular complexity index is 1050. The van der Waals surface area contributed by atoms with Crippen molar-refractivity contribution < 1.29 is 19.0 Å². The van der Waals surface area contributed by atoms with Gasteiger partial charge in [-0.1, -0.05) is 0 Å². The molecule has 5 rings (SSSR count). The first-order valence-electron chi connectivity index (χ1n) is 9.44. The number of aromatic nitrogens is 4. The zero-order valence-electron chi connectivity index (χ0n) is 15.9. The molecule has 10 nitrogen and oxygen atoms in total. The summed E-state index contributed by atoms with van der Waals surface area (Å²) < 4.78 is 18.1. The van der Waals surface area contributed by atoms with Crippen LogP contribution in [0.4, 0.5) is 5.82 Å². The number of benzene rings is 1. The van der Waals surface area contributed by atoms with Crippen molar-refractivity contribution in [1.29, 1.82) is 0 Å². The van der Waals surface area contributed by atoms with Gasteiger partial charge in [0.15, 0.2) is 23.3 Å². The molecule has 4 heterocycles. The van der Waals surface area contributed by atoms with Gasteiger partial charge in [-0.3, -0.25) is 4.79 Å². The van der Waals surface area contributed by atoms with Crippen molar-refractivity contribution in [3.05, 3.63) is 36.7 Å². The SMILES string of the molecule is C[C@@H](Oc1ccc2c(c1)OCO2)C(=O)N1CCN(c2ccc3nncn3n2)CC1. The minimum absolute atomic E-state index is 0.0375. The molecule has 150 valence electrons. The molecule has 0 bridgehead atoms. The zero-order valence-corrected chi connectivity index (χ0v) is 15.9. The van der Waals surface area contributed by atoms with Crippen LogP contribution in [0.3, 0.4) is 0 Å². The van der Waals surface area contributed by atoms with E-state index in [1.807, 2.05) is 17.0 Å². The molecule has 2 aliphatic rings. The van der Waals surface area contributed by atoms with E-state index in [1.54, 1.807) is 36.0 Å². The van der Waals surface area contributed by atoms with E-state index >= 15 is 0 Å². The average Bonchev–Trinajstić information content (AvgIpc) is 3.41. The Morgan fingerprint density at radius 2 is 1.93 bits per heavy atom. The van der Waals surface area contributed by atoms with Crippen molar-refractivity contribution in [2.24, 2.45) is 0 Å². The lowest BCUT2D eigenvalue weighted by molar-refractivity contribution is -0.138. The number of hydrogen-bond donors (Lipinski definition) is 0. The fraction of sp³-hybridized carbons (Fsp3) is 0.368. The first kappa shape index (κ1) is 17.5. The molecule has 1 atom stereocenters. The second kappa shape index (κ2) is 7.12. The molecule has 29 heavy (non-hydrogen) atoms. The predicted octanol–water partition coefficient (Wildman–Crippen LogP) is 0.969. The molecular formula is C19H20N6O4. The van der Waals surface area contributed by atoms with Crippen molar-refractivity contribution in [2.75, 3.05) is 37.9 Å². The maximum absolute atomic E-state index is 12.8. The van der Waals surface area contributed by atoms with Gasteiger partial charge in [0.2, 0.25) is 6.79 Å². The van der Waals surface area contributed by atoms with Gasteiger partial charge in [0.1, 0.15) is 17.9 Å². The second-order valence-electron chi connectivity index (χ2n) is 6.91. The predicted molar refractivity (Wildman–Crippen MR) is 102 cm³/mol. The van der Waals surface area contributed by atoms with Crippen LogP contribution in [0.25, 0.3) is 5.65 Å². The minimum atomic E-state index is -0.589. The number of anilines is 1. The number of carbonyl (C=O) groups excluding carboxylic acids is 1. The quantitative estimate of drug-likeness (QED) is 0.644. The molecule has 1 amide bonds. The molecule has 0 saturated carbocycles. The highest BCUT2D eigenvalue weighted by Crippen LogP contribution is 2.35. The number of amides is 1. The number of piperazine rings is 1. The average molecular weight is 396 g/mol. The Morgan fingerprint density at radius 3 is 2.79 bits per heavy atom. The van der Waals surface area contributed by atoms with Crippen LogP contribution in [-0.4, -0.2) is 69.7 Å². The molecule has 2 aliphatic heterocycles. The van der Waals surface area contributed by atoms with Gasteiger partial charge < -0.3 is 24.0 Å². The van der Waals surface area contributed by atoms with Crippen LogP contribution in [0, 0.1) is 0 Å². The van der Waals surface area contributed by atoms with Crippen LogP contribution >= 0.6 is 0 Å². The summed E-state index contributed by atoms with van der Waals surface area (Å²) in [5.41, 5.74) is 0.706. The number of hydrogen-bond acceptors (Lipinski definition) is 8. The first-order valence-corrected chi connectivity index (χ1v) is 9.44. The Hall–Kier alpha value is -3.56. The molecule has 0 N–H and O–H groups in total. The summed E-state index contributed by atoms with van der Waals surface area (Å²) in [4.78, 5) is 16.8. The molecule has 0 radical (unpaired) electrons. The third-order valence-corrected chi connectivity index (χ3v) is 5.07. The third-order valence-electron chi connectivity index (χ3n) is 5.07. The Kier molecular flexibility index (Phi) is 4.30. The Morgan fingerprint density at radius 1 is 1.10 bits per heavy atom. The van der Waals surface area contributed by atoms with E-state index in [0.717, 1.165) is 5.82 Å². The van der Waals surface area contributed by atoms with E-state index in [1.165, 1.54) is 0 Å². The monoisotopic (exact) mass is 396 g/mol. The van der Waals surface area contributed by atoms with Crippen LogP contribution in [0.5, 0.6) is 17.2 Å². The highest BCUT2D eigenvalue weighted by Gasteiger charge is 2.27. The van der Waals surface area contributed by atoms with Crippen LogP contribution in [0.2, 0.25) is 0 Å². The van der Waals surface area contributed by atoms with Crippen molar-refractivity contribution in [3.63, 3.8) is 0 Å². The third kappa shape index (κ3) is 3.37. The van der Waals surface area contributed by atoms with Gasteiger partial charge in [0, 0.05) is 32.2 Å². The fourth-order valence-corrected chi connectivity index (χ4v) is 3.50. The van der Waals surface area contributed by atoms with Gasteiger partial charge in [-0.15, -0.1) is 15.3 Å².